The number of Topliss-reactive ketones (excluding diaryl/α,β-unsaturated/α-hetero) is 1. The van der Waals surface area contributed by atoms with Gasteiger partial charge in [-0.2, -0.15) is 33.0 Å². The largest absolute Gasteiger partial charge is 0.540 e. The number of carbonyl (C=O) groups is 1. The van der Waals surface area contributed by atoms with Crippen LogP contribution in [0.25, 0.3) is 5.76 Å². The summed E-state index contributed by atoms with van der Waals surface area (Å²) in [5.74, 6) is -4.67. The molecule has 5 rings (SSSR count). The maximum atomic E-state index is 14.5. The van der Waals surface area contributed by atoms with Gasteiger partial charge in [0.1, 0.15) is 26.4 Å². The zero-order valence-corrected chi connectivity index (χ0v) is 74.2. The second-order valence-electron chi connectivity index (χ2n) is 27.1. The molecule has 98 heavy (non-hydrogen) atoms. The first-order chi connectivity index (χ1) is 45.5. The first-order valence-electron chi connectivity index (χ1n) is 34.3. The van der Waals surface area contributed by atoms with E-state index in [0.29, 0.717) is 77.1 Å². The first kappa shape index (κ1) is 96.6. The van der Waals surface area contributed by atoms with Crippen molar-refractivity contribution in [1.82, 2.24) is 24.9 Å². The Balaban J connectivity index is 0. The predicted octanol–water partition coefficient (Wildman–Crippen LogP) is 25.8. The Morgan fingerprint density at radius 2 is 0.847 bits per heavy atom. The quantitative estimate of drug-likeness (QED) is 0.00825. The molecule has 5 aromatic heterocycles. The van der Waals surface area contributed by atoms with Gasteiger partial charge in [0.05, 0.1) is 11.9 Å². The first-order valence-corrected chi connectivity index (χ1v) is 52.0. The molecule has 12 nitrogen and oxygen atoms in total. The van der Waals surface area contributed by atoms with Gasteiger partial charge in [-0.15, -0.1) is 0 Å². The van der Waals surface area contributed by atoms with Gasteiger partial charge in [0.25, 0.3) is 46.4 Å². The van der Waals surface area contributed by atoms with E-state index >= 15 is 0 Å². The van der Waals surface area contributed by atoms with E-state index in [1.807, 2.05) is 6.92 Å². The Hall–Kier alpha value is -3.47. The summed E-state index contributed by atoms with van der Waals surface area (Å²) in [5.41, 5.74) is 4.82. The van der Waals surface area contributed by atoms with Crippen molar-refractivity contribution in [1.29, 1.82) is 0 Å². The third kappa shape index (κ3) is 31.2. The Labute approximate surface area is 623 Å². The van der Waals surface area contributed by atoms with Crippen LogP contribution in [-0.4, -0.2) is 100 Å². The fourth-order valence-electron chi connectivity index (χ4n) is 12.5. The van der Waals surface area contributed by atoms with Gasteiger partial charge in [-0.25, -0.2) is 24.9 Å². The van der Waals surface area contributed by atoms with Gasteiger partial charge < -0.3 is 28.9 Å². The molecule has 0 atom stereocenters. The number of ketones is 1. The van der Waals surface area contributed by atoms with Crippen molar-refractivity contribution >= 4 is 113 Å². The summed E-state index contributed by atoms with van der Waals surface area (Å²) >= 11 is 13.8. The van der Waals surface area contributed by atoms with Gasteiger partial charge >= 0.3 is 108 Å². The predicted molar refractivity (Wildman–Crippen MR) is 420 cm³/mol. The molecule has 556 valence electrons. The standard InChI is InChI=1S/C18H30FNO2Si.C14H23BrFNOSi.C9H21ClSi.C7H5BrFNO2.C5H3BrFNO.C5H4FNO.3C4H9.C3H5.Sn/c1-9-21-15(8)16-10-11-17(18(19)20-16)22-23(12(2)3,13(4)5)14(6)7;1-9(2)19(10(3)4,11(5)6)18-12-7-8-13(15)17-14(12)16;1-7(2)11(10,8(3)4)9(5)6;8-3-6(12)4-1-2-5(11)7(9)10-4;6-4-2-1-3(9)5(7)8-4;6-5-4(8)2-1-3-7-5;3*1-3-4-2;1-3-2;/h10-14H,8-9H2,1-7H3;7-11H,1-6H3;7-9H,1-6H3;1-2,11H,3H2;1-2,9H;1-3,8H;3*1,3-4H2,2H3;1H2,2H3;. The molecule has 25 heteroatoms. The van der Waals surface area contributed by atoms with Gasteiger partial charge in [-0.05, 0) is 149 Å². The van der Waals surface area contributed by atoms with Gasteiger partial charge in [0, 0.05) is 6.20 Å². The zero-order chi connectivity index (χ0) is 76.2. The van der Waals surface area contributed by atoms with Crippen molar-refractivity contribution in [3.63, 3.8) is 0 Å². The number of aromatic hydroxyl groups is 3. The van der Waals surface area contributed by atoms with E-state index < -0.39 is 89.4 Å². The number of nitrogens with zero attached hydrogens (tertiary/aromatic N) is 5. The molecular weight excluding hydrogens is 1630 g/mol. The molecule has 0 aromatic carbocycles. The number of carbonyl (C=O) groups excluding carboxylic acids is 1. The minimum atomic E-state index is -2.19. The monoisotopic (exact) mass is 1750 g/mol. The number of alkyl halides is 1. The summed E-state index contributed by atoms with van der Waals surface area (Å²) in [6.45, 7) is 59.5. The van der Waals surface area contributed by atoms with Crippen molar-refractivity contribution in [2.24, 2.45) is 0 Å². The Kier molecular flexibility index (Phi) is 47.8. The molecule has 3 N–H and O–H groups in total. The van der Waals surface area contributed by atoms with E-state index in [1.54, 1.807) is 41.2 Å². The molecule has 0 aliphatic rings. The molecule has 0 spiro atoms. The van der Waals surface area contributed by atoms with Crippen LogP contribution >= 0.6 is 58.9 Å². The fourth-order valence-corrected chi connectivity index (χ4v) is 42.4. The Morgan fingerprint density at radius 3 is 1.12 bits per heavy atom. The minimum absolute atomic E-state index is 0.00201. The second kappa shape index (κ2) is 48.5. The molecule has 0 amide bonds. The summed E-state index contributed by atoms with van der Waals surface area (Å²) in [5, 5.41) is 25.9. The number of unbranched alkanes of at least 4 members (excludes halogenated alkanes) is 3. The molecule has 0 aliphatic heterocycles. The van der Waals surface area contributed by atoms with Gasteiger partial charge in [0.15, 0.2) is 41.9 Å². The molecule has 0 unspecified atom stereocenters. The molecule has 0 radical (unpaired) electrons. The Bertz CT molecular complexity index is 3040. The summed E-state index contributed by atoms with van der Waals surface area (Å²) < 4.78 is 90.2. The molecule has 5 heterocycles. The van der Waals surface area contributed by atoms with E-state index in [-0.39, 0.29) is 28.3 Å². The fraction of sp³-hybridized carbons (Fsp3) is 0.589. The molecule has 0 saturated heterocycles. The van der Waals surface area contributed by atoms with Crippen LogP contribution in [-0.2, 0) is 4.74 Å². The molecule has 0 bridgehead atoms. The SMILES string of the molecule is C=C(OCC)c1ccc(O[Si](C(C)C)(C(C)C)C(C)C)c(F)n1.C=[C](C)[Sn]([CH2]CCC)([CH2]CCC)[CH2]CCC.CC(C)[Si](Cl)(C(C)C)C(C)C.CC(C)[Si](Oc1ccc(Br)nc1F)(C(C)C)C(C)C.O=C(CBr)c1ccc(O)c(F)n1.Oc1ccc(Br)nc1F.Oc1cccnc1F. The van der Waals surface area contributed by atoms with E-state index in [1.165, 1.54) is 75.1 Å². The summed E-state index contributed by atoms with van der Waals surface area (Å²) in [6, 6.07) is 14.5. The van der Waals surface area contributed by atoms with Crippen LogP contribution in [0.2, 0.25) is 63.2 Å². The molecule has 0 aliphatic carbocycles. The van der Waals surface area contributed by atoms with Crippen LogP contribution in [0.3, 0.4) is 0 Å². The van der Waals surface area contributed by atoms with E-state index in [4.69, 9.17) is 40.0 Å². The molecule has 0 fully saturated rings. The van der Waals surface area contributed by atoms with Crippen LogP contribution < -0.4 is 8.85 Å². The van der Waals surface area contributed by atoms with Crippen LogP contribution in [0.1, 0.15) is 214 Å². The minimum Gasteiger partial charge on any atom is -0.540 e. The topological polar surface area (TPSA) is 170 Å². The number of halogens is 9. The number of hydrogen-bond acceptors (Lipinski definition) is 12. The van der Waals surface area contributed by atoms with Gasteiger partial charge in [0.2, 0.25) is 0 Å². The smallest absolute Gasteiger partial charge is 0.258 e. The zero-order valence-electron chi connectivity index (χ0n) is 62.9. The summed E-state index contributed by atoms with van der Waals surface area (Å²) in [7, 11) is -5.81. The van der Waals surface area contributed by atoms with E-state index in [0.717, 1.165) is 6.07 Å². The van der Waals surface area contributed by atoms with Crippen LogP contribution in [0.4, 0.5) is 22.0 Å². The van der Waals surface area contributed by atoms with Crippen LogP contribution in [0, 0.1) is 29.7 Å². The summed E-state index contributed by atoms with van der Waals surface area (Å²) in [6.07, 6.45) is 9.73. The maximum absolute atomic E-state index is 14.5. The number of pyridine rings is 5. The van der Waals surface area contributed by atoms with Crippen LogP contribution in [0.5, 0.6) is 28.7 Å². The molecule has 0 saturated carbocycles. The van der Waals surface area contributed by atoms with E-state index in [9.17, 15) is 26.7 Å². The third-order valence-electron chi connectivity index (χ3n) is 17.5. The Morgan fingerprint density at radius 1 is 0.510 bits per heavy atom. The van der Waals surface area contributed by atoms with E-state index in [2.05, 4.69) is 238 Å². The molecule has 5 aromatic rings. The van der Waals surface area contributed by atoms with Crippen molar-refractivity contribution in [3.8, 4) is 28.7 Å². The third-order valence-corrected chi connectivity index (χ3v) is 56.5. The normalized spacial score (nSPS) is 11.6. The van der Waals surface area contributed by atoms with Crippen molar-refractivity contribution in [2.75, 3.05) is 11.9 Å². The summed E-state index contributed by atoms with van der Waals surface area (Å²) in [4.78, 5) is 28.3. The number of rotatable bonds is 28. The number of ether oxygens (including phenoxy) is 1. The molecular formula is C73H118Br3ClF5N5O7Si3Sn. The van der Waals surface area contributed by atoms with Gasteiger partial charge in [-0.1, -0.05) is 147 Å². The number of hydrogen-bond donors (Lipinski definition) is 3. The van der Waals surface area contributed by atoms with Gasteiger partial charge in [-0.3, -0.25) is 4.79 Å². The average Bonchev–Trinajstić information content (AvgIpc) is 0.796. The van der Waals surface area contributed by atoms with Crippen molar-refractivity contribution in [2.45, 2.75) is 261 Å². The van der Waals surface area contributed by atoms with Crippen LogP contribution in [0.15, 0.2) is 92.8 Å². The maximum Gasteiger partial charge on any atom is 0.258 e. The van der Waals surface area contributed by atoms with Crippen molar-refractivity contribution in [3.05, 3.63) is 134 Å². The number of allylic oxidation sites excluding steroid dienone is 1. The van der Waals surface area contributed by atoms with Crippen molar-refractivity contribution < 1.29 is 55.7 Å². The average molecular weight is 1750 g/mol. The number of aromatic nitrogens is 5. The second-order valence-corrected chi connectivity index (χ2v) is 61.1.